The van der Waals surface area contributed by atoms with E-state index in [4.69, 9.17) is 9.47 Å². The first kappa shape index (κ1) is 25.5. The lowest BCUT2D eigenvalue weighted by Gasteiger charge is -2.21. The van der Waals surface area contributed by atoms with Crippen LogP contribution in [-0.4, -0.2) is 37.0 Å². The molecule has 182 valence electrons. The van der Waals surface area contributed by atoms with E-state index in [1.807, 2.05) is 55.5 Å². The first-order valence-corrected chi connectivity index (χ1v) is 11.5. The third-order valence-corrected chi connectivity index (χ3v) is 5.27. The minimum absolute atomic E-state index is 0.240. The van der Waals surface area contributed by atoms with Gasteiger partial charge in [0.05, 0.1) is 6.61 Å². The van der Waals surface area contributed by atoms with Crippen molar-refractivity contribution in [1.29, 1.82) is 0 Å². The van der Waals surface area contributed by atoms with Crippen molar-refractivity contribution >= 4 is 23.5 Å². The number of hydrogen-bond donors (Lipinski definition) is 2. The average Bonchev–Trinajstić information content (AvgIpc) is 2.87. The van der Waals surface area contributed by atoms with Crippen molar-refractivity contribution in [2.45, 2.75) is 26.8 Å². The number of anilines is 1. The molecule has 0 aromatic heterocycles. The Morgan fingerprint density at radius 3 is 2.17 bits per heavy atom. The molecule has 0 unspecified atom stereocenters. The number of carbonyl (C=O) groups excluding carboxylic acids is 3. The Bertz CT molecular complexity index is 1140. The summed E-state index contributed by atoms with van der Waals surface area (Å²) < 4.78 is 10.6. The molecule has 0 fully saturated rings. The van der Waals surface area contributed by atoms with Crippen LogP contribution >= 0.6 is 0 Å². The molecule has 7 nitrogen and oxygen atoms in total. The van der Waals surface area contributed by atoms with Crippen LogP contribution in [0, 0.1) is 5.92 Å². The summed E-state index contributed by atoms with van der Waals surface area (Å²) in [6, 6.07) is 22.8. The zero-order valence-electron chi connectivity index (χ0n) is 20.1. The fourth-order valence-electron chi connectivity index (χ4n) is 3.47. The summed E-state index contributed by atoms with van der Waals surface area (Å²) in [7, 11) is 0. The van der Waals surface area contributed by atoms with E-state index < -0.39 is 30.4 Å². The minimum Gasteiger partial charge on any atom is -0.494 e. The van der Waals surface area contributed by atoms with Crippen LogP contribution < -0.4 is 15.4 Å². The first-order chi connectivity index (χ1) is 16.9. The van der Waals surface area contributed by atoms with Gasteiger partial charge in [-0.1, -0.05) is 62.4 Å². The highest BCUT2D eigenvalue weighted by Crippen LogP contribution is 2.27. The SMILES string of the molecule is CCOc1ccc(C(=O)N[C@H](C(=O)OCC(=O)Nc2ccccc2-c2ccccc2)C(C)C)cc1. The number of esters is 1. The van der Waals surface area contributed by atoms with Gasteiger partial charge in [0, 0.05) is 16.8 Å². The molecule has 0 heterocycles. The third-order valence-electron chi connectivity index (χ3n) is 5.27. The molecule has 0 saturated heterocycles. The summed E-state index contributed by atoms with van der Waals surface area (Å²) in [6.07, 6.45) is 0. The fourth-order valence-corrected chi connectivity index (χ4v) is 3.47. The van der Waals surface area contributed by atoms with E-state index in [1.54, 1.807) is 44.2 Å². The molecule has 0 aliphatic heterocycles. The van der Waals surface area contributed by atoms with E-state index in [1.165, 1.54) is 0 Å². The summed E-state index contributed by atoms with van der Waals surface area (Å²) in [5, 5.41) is 5.50. The molecule has 3 aromatic rings. The van der Waals surface area contributed by atoms with Crippen molar-refractivity contribution in [3.63, 3.8) is 0 Å². The van der Waals surface area contributed by atoms with E-state index in [9.17, 15) is 14.4 Å². The van der Waals surface area contributed by atoms with E-state index in [-0.39, 0.29) is 5.92 Å². The maximum Gasteiger partial charge on any atom is 0.329 e. The third kappa shape index (κ3) is 7.17. The van der Waals surface area contributed by atoms with Gasteiger partial charge in [-0.05, 0) is 48.7 Å². The predicted molar refractivity (Wildman–Crippen MR) is 135 cm³/mol. The number of nitrogens with one attached hydrogen (secondary N) is 2. The van der Waals surface area contributed by atoms with E-state index in [2.05, 4.69) is 10.6 Å². The molecular formula is C28H30N2O5. The second-order valence-corrected chi connectivity index (χ2v) is 8.22. The average molecular weight is 475 g/mol. The Morgan fingerprint density at radius 2 is 1.51 bits per heavy atom. The summed E-state index contributed by atoms with van der Waals surface area (Å²) in [5.74, 6) is -1.14. The number of carbonyl (C=O) groups is 3. The maximum absolute atomic E-state index is 12.7. The van der Waals surface area contributed by atoms with Crippen molar-refractivity contribution in [1.82, 2.24) is 5.32 Å². The van der Waals surface area contributed by atoms with Crippen LogP contribution in [0.15, 0.2) is 78.9 Å². The molecule has 2 N–H and O–H groups in total. The molecule has 0 saturated carbocycles. The summed E-state index contributed by atoms with van der Waals surface area (Å²) in [6.45, 7) is 5.52. The highest BCUT2D eigenvalue weighted by atomic mass is 16.5. The van der Waals surface area contributed by atoms with Crippen LogP contribution in [0.4, 0.5) is 5.69 Å². The molecule has 0 aliphatic rings. The van der Waals surface area contributed by atoms with Crippen molar-refractivity contribution < 1.29 is 23.9 Å². The smallest absolute Gasteiger partial charge is 0.329 e. The van der Waals surface area contributed by atoms with Crippen LogP contribution in [-0.2, 0) is 14.3 Å². The Hall–Kier alpha value is -4.13. The van der Waals surface area contributed by atoms with Gasteiger partial charge in [0.1, 0.15) is 11.8 Å². The molecule has 2 amide bonds. The number of ether oxygens (including phenoxy) is 2. The van der Waals surface area contributed by atoms with Crippen LogP contribution in [0.1, 0.15) is 31.1 Å². The lowest BCUT2D eigenvalue weighted by Crippen LogP contribution is -2.45. The van der Waals surface area contributed by atoms with Gasteiger partial charge in [0.15, 0.2) is 6.61 Å². The zero-order valence-corrected chi connectivity index (χ0v) is 20.1. The van der Waals surface area contributed by atoms with Crippen LogP contribution in [0.25, 0.3) is 11.1 Å². The van der Waals surface area contributed by atoms with Crippen LogP contribution in [0.2, 0.25) is 0 Å². The first-order valence-electron chi connectivity index (χ1n) is 11.5. The number of hydrogen-bond acceptors (Lipinski definition) is 5. The quantitative estimate of drug-likeness (QED) is 0.416. The standard InChI is InChI=1S/C28H30N2O5/c1-4-34-22-16-14-21(15-17-22)27(32)30-26(19(2)3)28(33)35-18-25(31)29-24-13-9-8-12-23(24)20-10-6-5-7-11-20/h5-17,19,26H,4,18H2,1-3H3,(H,29,31)(H,30,32)/t26-/m0/s1. The summed E-state index contributed by atoms with van der Waals surface area (Å²) >= 11 is 0. The van der Waals surface area contributed by atoms with Gasteiger partial charge >= 0.3 is 5.97 Å². The van der Waals surface area contributed by atoms with Crippen molar-refractivity contribution in [3.8, 4) is 16.9 Å². The predicted octanol–water partition coefficient (Wildman–Crippen LogP) is 4.69. The Kier molecular flexibility index (Phi) is 9.01. The number of rotatable bonds is 10. The van der Waals surface area contributed by atoms with Crippen molar-refractivity contribution in [3.05, 3.63) is 84.4 Å². The topological polar surface area (TPSA) is 93.7 Å². The van der Waals surface area contributed by atoms with Crippen molar-refractivity contribution in [2.75, 3.05) is 18.5 Å². The Labute approximate surface area is 205 Å². The molecule has 0 radical (unpaired) electrons. The molecular weight excluding hydrogens is 444 g/mol. The normalized spacial score (nSPS) is 11.4. The van der Waals surface area contributed by atoms with Gasteiger partial charge in [0.2, 0.25) is 0 Å². The summed E-state index contributed by atoms with van der Waals surface area (Å²) in [4.78, 5) is 37.9. The number of para-hydroxylation sites is 1. The van der Waals surface area contributed by atoms with Gasteiger partial charge in [-0.2, -0.15) is 0 Å². The monoisotopic (exact) mass is 474 g/mol. The minimum atomic E-state index is -0.904. The lowest BCUT2D eigenvalue weighted by atomic mass is 10.0. The molecule has 0 aliphatic carbocycles. The molecule has 7 heteroatoms. The number of amides is 2. The Morgan fingerprint density at radius 1 is 0.857 bits per heavy atom. The molecule has 0 spiro atoms. The van der Waals surface area contributed by atoms with Gasteiger partial charge in [-0.15, -0.1) is 0 Å². The van der Waals surface area contributed by atoms with E-state index >= 15 is 0 Å². The van der Waals surface area contributed by atoms with Crippen LogP contribution in [0.5, 0.6) is 5.75 Å². The summed E-state index contributed by atoms with van der Waals surface area (Å²) in [5.41, 5.74) is 2.82. The van der Waals surface area contributed by atoms with E-state index in [0.717, 1.165) is 11.1 Å². The van der Waals surface area contributed by atoms with Gasteiger partial charge in [0.25, 0.3) is 11.8 Å². The highest BCUT2D eigenvalue weighted by molar-refractivity contribution is 5.98. The molecule has 1 atom stereocenters. The second-order valence-electron chi connectivity index (χ2n) is 8.22. The van der Waals surface area contributed by atoms with Gasteiger partial charge < -0.3 is 20.1 Å². The fraction of sp³-hybridized carbons (Fsp3) is 0.250. The molecule has 35 heavy (non-hydrogen) atoms. The largest absolute Gasteiger partial charge is 0.494 e. The van der Waals surface area contributed by atoms with Crippen LogP contribution in [0.3, 0.4) is 0 Å². The Balaban J connectivity index is 1.59. The molecule has 0 bridgehead atoms. The highest BCUT2D eigenvalue weighted by Gasteiger charge is 2.27. The van der Waals surface area contributed by atoms with Gasteiger partial charge in [-0.3, -0.25) is 9.59 Å². The van der Waals surface area contributed by atoms with E-state index in [0.29, 0.717) is 23.6 Å². The van der Waals surface area contributed by atoms with Crippen molar-refractivity contribution in [2.24, 2.45) is 5.92 Å². The maximum atomic E-state index is 12.7. The lowest BCUT2D eigenvalue weighted by molar-refractivity contribution is -0.150. The zero-order chi connectivity index (χ0) is 25.2. The van der Waals surface area contributed by atoms with Gasteiger partial charge in [-0.25, -0.2) is 4.79 Å². The second kappa shape index (κ2) is 12.4. The molecule has 3 rings (SSSR count). The number of benzene rings is 3. The molecule has 3 aromatic carbocycles.